The van der Waals surface area contributed by atoms with Gasteiger partial charge in [0.15, 0.2) is 0 Å². The minimum absolute atomic E-state index is 0.306. The van der Waals surface area contributed by atoms with Gasteiger partial charge >= 0.3 is 5.97 Å². The number of rotatable bonds is 3. The second-order valence-electron chi connectivity index (χ2n) is 3.66. The first-order valence-corrected chi connectivity index (χ1v) is 5.45. The predicted molar refractivity (Wildman–Crippen MR) is 72.6 cm³/mol. The monoisotopic (exact) mass is 273 g/mol. The number of carbonyl (C=O) groups excluding carboxylic acids is 1. The summed E-state index contributed by atoms with van der Waals surface area (Å²) in [5, 5.41) is 19.7. The molecule has 102 valence electrons. The van der Waals surface area contributed by atoms with Crippen molar-refractivity contribution >= 4 is 18.4 Å². The van der Waals surface area contributed by atoms with Crippen LogP contribution in [0.25, 0.3) is 11.1 Å². The van der Waals surface area contributed by atoms with Gasteiger partial charge in [0.25, 0.3) is 5.69 Å². The highest BCUT2D eigenvalue weighted by Gasteiger charge is 2.20. The summed E-state index contributed by atoms with van der Waals surface area (Å²) in [6, 6.07) is 13.2. The van der Waals surface area contributed by atoms with Gasteiger partial charge in [0.2, 0.25) is 0 Å². The number of nitrogens with zero attached hydrogens (tertiary/aromatic N) is 1. The highest BCUT2D eigenvalue weighted by atomic mass is 16.6. The SMILES string of the molecule is C=O.O=C(O)c1ccc(-c2ccccc2)cc1[N+](=O)[O-]. The minimum Gasteiger partial charge on any atom is -0.477 e. The molecule has 6 heteroatoms. The molecule has 0 aliphatic rings. The van der Waals surface area contributed by atoms with Crippen molar-refractivity contribution < 1.29 is 19.6 Å². The van der Waals surface area contributed by atoms with E-state index in [2.05, 4.69) is 0 Å². The average Bonchev–Trinajstić information content (AvgIpc) is 2.49. The molecule has 0 aromatic heterocycles. The molecule has 0 fully saturated rings. The number of carboxylic acid groups (broad SMARTS) is 1. The van der Waals surface area contributed by atoms with E-state index < -0.39 is 16.6 Å². The molecule has 2 aromatic rings. The topological polar surface area (TPSA) is 97.5 Å². The van der Waals surface area contributed by atoms with Gasteiger partial charge in [0.1, 0.15) is 12.4 Å². The lowest BCUT2D eigenvalue weighted by atomic mass is 10.0. The largest absolute Gasteiger partial charge is 0.477 e. The summed E-state index contributed by atoms with van der Waals surface area (Å²) in [5.74, 6) is -1.30. The Labute approximate surface area is 114 Å². The molecule has 0 saturated heterocycles. The van der Waals surface area contributed by atoms with Crippen molar-refractivity contribution in [2.45, 2.75) is 0 Å². The van der Waals surface area contributed by atoms with Crippen molar-refractivity contribution in [1.29, 1.82) is 0 Å². The number of aromatic carboxylic acids is 1. The van der Waals surface area contributed by atoms with Crippen LogP contribution in [0.5, 0.6) is 0 Å². The molecule has 0 unspecified atom stereocenters. The summed E-state index contributed by atoms with van der Waals surface area (Å²) in [6.07, 6.45) is 0. The van der Waals surface area contributed by atoms with Crippen molar-refractivity contribution in [1.82, 2.24) is 0 Å². The van der Waals surface area contributed by atoms with Crippen LogP contribution in [0.1, 0.15) is 10.4 Å². The van der Waals surface area contributed by atoms with Crippen LogP contribution in [0.3, 0.4) is 0 Å². The predicted octanol–water partition coefficient (Wildman–Crippen LogP) is 2.78. The van der Waals surface area contributed by atoms with Gasteiger partial charge in [-0.1, -0.05) is 36.4 Å². The van der Waals surface area contributed by atoms with Crippen LogP contribution in [0.15, 0.2) is 48.5 Å². The quantitative estimate of drug-likeness (QED) is 0.685. The fourth-order valence-electron chi connectivity index (χ4n) is 1.67. The summed E-state index contributed by atoms with van der Waals surface area (Å²) in [4.78, 5) is 29.0. The third kappa shape index (κ3) is 3.26. The summed E-state index contributed by atoms with van der Waals surface area (Å²) >= 11 is 0. The first kappa shape index (κ1) is 15.0. The van der Waals surface area contributed by atoms with Crippen LogP contribution in [0, 0.1) is 10.1 Å². The summed E-state index contributed by atoms with van der Waals surface area (Å²) in [6.45, 7) is 2.00. The fourth-order valence-corrected chi connectivity index (χ4v) is 1.67. The lowest BCUT2D eigenvalue weighted by Crippen LogP contribution is -2.02. The van der Waals surface area contributed by atoms with Gasteiger partial charge in [-0.2, -0.15) is 0 Å². The van der Waals surface area contributed by atoms with Crippen LogP contribution in [0.2, 0.25) is 0 Å². The van der Waals surface area contributed by atoms with E-state index in [-0.39, 0.29) is 5.56 Å². The Morgan fingerprint density at radius 1 is 1.05 bits per heavy atom. The molecule has 0 amide bonds. The molecule has 0 aliphatic carbocycles. The van der Waals surface area contributed by atoms with Gasteiger partial charge in [0.05, 0.1) is 4.92 Å². The van der Waals surface area contributed by atoms with E-state index >= 15 is 0 Å². The highest BCUT2D eigenvalue weighted by Crippen LogP contribution is 2.27. The number of hydrogen-bond acceptors (Lipinski definition) is 4. The van der Waals surface area contributed by atoms with Gasteiger partial charge in [-0.3, -0.25) is 10.1 Å². The molecule has 6 nitrogen and oxygen atoms in total. The lowest BCUT2D eigenvalue weighted by molar-refractivity contribution is -0.385. The molecule has 0 spiro atoms. The number of benzene rings is 2. The zero-order valence-corrected chi connectivity index (χ0v) is 10.4. The second kappa shape index (κ2) is 6.79. The summed E-state index contributed by atoms with van der Waals surface area (Å²) in [5.41, 5.74) is 0.716. The van der Waals surface area contributed by atoms with Gasteiger partial charge in [0, 0.05) is 6.07 Å². The van der Waals surface area contributed by atoms with Crippen molar-refractivity contribution in [3.8, 4) is 11.1 Å². The molecular formula is C14H11NO5. The molecule has 0 bridgehead atoms. The Hall–Kier alpha value is -3.02. The van der Waals surface area contributed by atoms with Crippen molar-refractivity contribution in [3.05, 3.63) is 64.2 Å². The van der Waals surface area contributed by atoms with Crippen LogP contribution >= 0.6 is 0 Å². The molecule has 2 rings (SSSR count). The third-order valence-corrected chi connectivity index (χ3v) is 2.53. The number of carbonyl (C=O) groups is 2. The lowest BCUT2D eigenvalue weighted by Gasteiger charge is -2.03. The maximum atomic E-state index is 10.9. The van der Waals surface area contributed by atoms with Gasteiger partial charge < -0.3 is 9.90 Å². The Balaban J connectivity index is 0.000000956. The normalized spacial score (nSPS) is 9.20. The minimum atomic E-state index is -1.30. The molecule has 0 heterocycles. The number of hydrogen-bond donors (Lipinski definition) is 1. The number of nitro groups is 1. The zero-order chi connectivity index (χ0) is 15.1. The van der Waals surface area contributed by atoms with Crippen molar-refractivity contribution in [3.63, 3.8) is 0 Å². The van der Waals surface area contributed by atoms with E-state index in [0.717, 1.165) is 5.56 Å². The molecule has 20 heavy (non-hydrogen) atoms. The standard InChI is InChI=1S/C13H9NO4.CH2O/c15-13(16)11-7-6-10(8-12(11)14(17)18)9-4-2-1-3-5-9;1-2/h1-8H,(H,15,16);1H2. The summed E-state index contributed by atoms with van der Waals surface area (Å²) < 4.78 is 0. The Bertz CT molecular complexity index is 625. The highest BCUT2D eigenvalue weighted by molar-refractivity contribution is 5.93. The Morgan fingerprint density at radius 3 is 2.15 bits per heavy atom. The van der Waals surface area contributed by atoms with E-state index in [4.69, 9.17) is 9.90 Å². The van der Waals surface area contributed by atoms with Crippen molar-refractivity contribution in [2.24, 2.45) is 0 Å². The average molecular weight is 273 g/mol. The van der Waals surface area contributed by atoms with Gasteiger partial charge in [-0.15, -0.1) is 0 Å². The molecule has 0 aliphatic heterocycles. The van der Waals surface area contributed by atoms with E-state index in [0.29, 0.717) is 5.56 Å². The molecule has 0 saturated carbocycles. The van der Waals surface area contributed by atoms with E-state index in [9.17, 15) is 14.9 Å². The van der Waals surface area contributed by atoms with Gasteiger partial charge in [-0.05, 0) is 17.2 Å². The first-order valence-electron chi connectivity index (χ1n) is 5.45. The molecule has 2 aromatic carbocycles. The van der Waals surface area contributed by atoms with E-state index in [1.807, 2.05) is 25.0 Å². The zero-order valence-electron chi connectivity index (χ0n) is 10.4. The van der Waals surface area contributed by atoms with Gasteiger partial charge in [-0.25, -0.2) is 4.79 Å². The molecule has 0 radical (unpaired) electrons. The smallest absolute Gasteiger partial charge is 0.342 e. The molecule has 1 N–H and O–H groups in total. The Morgan fingerprint density at radius 2 is 1.65 bits per heavy atom. The second-order valence-corrected chi connectivity index (χ2v) is 3.66. The van der Waals surface area contributed by atoms with Crippen LogP contribution in [0.4, 0.5) is 5.69 Å². The van der Waals surface area contributed by atoms with Crippen LogP contribution in [-0.4, -0.2) is 22.8 Å². The van der Waals surface area contributed by atoms with Crippen molar-refractivity contribution in [2.75, 3.05) is 0 Å². The fraction of sp³-hybridized carbons (Fsp3) is 0. The van der Waals surface area contributed by atoms with E-state index in [1.54, 1.807) is 18.2 Å². The first-order chi connectivity index (χ1) is 9.59. The number of nitro benzene ring substituents is 1. The molecule has 0 atom stereocenters. The Kier molecular flexibility index (Phi) is 5.11. The van der Waals surface area contributed by atoms with Crippen LogP contribution in [-0.2, 0) is 4.79 Å². The number of carboxylic acids is 1. The maximum Gasteiger partial charge on any atom is 0.342 e. The van der Waals surface area contributed by atoms with E-state index in [1.165, 1.54) is 12.1 Å². The maximum absolute atomic E-state index is 10.9. The third-order valence-electron chi connectivity index (χ3n) is 2.53. The molecular weight excluding hydrogens is 262 g/mol. The van der Waals surface area contributed by atoms with Crippen LogP contribution < -0.4 is 0 Å². The summed E-state index contributed by atoms with van der Waals surface area (Å²) in [7, 11) is 0.